The van der Waals surface area contributed by atoms with Gasteiger partial charge in [-0.2, -0.15) is 5.10 Å². The quantitative estimate of drug-likeness (QED) is 0.509. The Morgan fingerprint density at radius 3 is 2.71 bits per heavy atom. The number of phenols is 1. The van der Waals surface area contributed by atoms with Gasteiger partial charge in [-0.15, -0.1) is 0 Å². The summed E-state index contributed by atoms with van der Waals surface area (Å²) in [5.41, 5.74) is 3.52. The van der Waals surface area contributed by atoms with E-state index in [0.717, 1.165) is 5.56 Å². The van der Waals surface area contributed by atoms with E-state index in [2.05, 4.69) is 10.5 Å². The molecule has 0 spiro atoms. The predicted molar refractivity (Wildman–Crippen MR) is 106 cm³/mol. The van der Waals surface area contributed by atoms with Crippen molar-refractivity contribution in [2.45, 2.75) is 6.54 Å². The maximum atomic E-state index is 12.6. The Morgan fingerprint density at radius 1 is 1.18 bits per heavy atom. The smallest absolute Gasteiger partial charge is 0.276 e. The van der Waals surface area contributed by atoms with Crippen LogP contribution in [0, 0.1) is 0 Å². The van der Waals surface area contributed by atoms with Crippen LogP contribution in [-0.2, 0) is 6.54 Å². The molecule has 0 fully saturated rings. The number of methoxy groups -OCH3 is 1. The number of aromatic hydroxyl groups is 1. The Labute approximate surface area is 161 Å². The van der Waals surface area contributed by atoms with Crippen molar-refractivity contribution in [2.75, 3.05) is 7.11 Å². The molecular weight excluding hydrogens is 358 g/mol. The maximum absolute atomic E-state index is 12.6. The Hall–Kier alpha value is -3.87. The number of benzene rings is 2. The number of hydrazone groups is 1. The Bertz CT molecular complexity index is 1060. The third-order valence-corrected chi connectivity index (χ3v) is 4.04. The van der Waals surface area contributed by atoms with Crippen molar-refractivity contribution in [1.82, 2.24) is 9.99 Å². The number of hydrogen-bond acceptors (Lipinski definition) is 5. The molecule has 0 aliphatic carbocycles. The van der Waals surface area contributed by atoms with Gasteiger partial charge in [-0.25, -0.2) is 5.43 Å². The molecule has 0 saturated carbocycles. The van der Waals surface area contributed by atoms with Crippen LogP contribution in [0.3, 0.4) is 0 Å². The van der Waals surface area contributed by atoms with E-state index in [1.54, 1.807) is 24.4 Å². The highest BCUT2D eigenvalue weighted by Gasteiger charge is 2.11. The molecule has 0 aliphatic rings. The number of ether oxygens (including phenoxy) is 1. The van der Waals surface area contributed by atoms with E-state index in [4.69, 9.17) is 4.74 Å². The molecule has 3 aromatic rings. The number of aromatic nitrogens is 1. The number of carbonyl (C=O) groups excluding carboxylic acids is 1. The van der Waals surface area contributed by atoms with Crippen molar-refractivity contribution in [2.24, 2.45) is 5.10 Å². The van der Waals surface area contributed by atoms with Gasteiger partial charge >= 0.3 is 0 Å². The zero-order chi connectivity index (χ0) is 19.9. The van der Waals surface area contributed by atoms with Crippen LogP contribution in [-0.4, -0.2) is 28.9 Å². The second kappa shape index (κ2) is 8.68. The number of nitrogens with zero attached hydrogens (tertiary/aromatic N) is 2. The van der Waals surface area contributed by atoms with E-state index in [9.17, 15) is 14.7 Å². The second-order valence-corrected chi connectivity index (χ2v) is 5.97. The number of hydrogen-bond donors (Lipinski definition) is 2. The third kappa shape index (κ3) is 4.45. The minimum atomic E-state index is -0.602. The first-order chi connectivity index (χ1) is 13.6. The van der Waals surface area contributed by atoms with E-state index in [1.165, 1.54) is 30.0 Å². The lowest BCUT2D eigenvalue weighted by atomic mass is 10.2. The SMILES string of the molecule is COc1cc(/C=N\NC(=O)c2cccn(Cc3ccccc3)c2=O)ccc1O. The summed E-state index contributed by atoms with van der Waals surface area (Å²) in [6, 6.07) is 17.3. The van der Waals surface area contributed by atoms with Crippen LogP contribution in [0.5, 0.6) is 11.5 Å². The van der Waals surface area contributed by atoms with Crippen LogP contribution < -0.4 is 15.7 Å². The van der Waals surface area contributed by atoms with Crippen LogP contribution >= 0.6 is 0 Å². The summed E-state index contributed by atoms with van der Waals surface area (Å²) in [7, 11) is 1.44. The molecule has 0 saturated heterocycles. The average Bonchev–Trinajstić information content (AvgIpc) is 2.71. The molecule has 7 nitrogen and oxygen atoms in total. The highest BCUT2D eigenvalue weighted by atomic mass is 16.5. The second-order valence-electron chi connectivity index (χ2n) is 5.97. The first kappa shape index (κ1) is 18.9. The number of rotatable bonds is 6. The molecule has 1 heterocycles. The molecule has 0 atom stereocenters. The largest absolute Gasteiger partial charge is 0.504 e. The molecule has 0 bridgehead atoms. The summed E-state index contributed by atoms with van der Waals surface area (Å²) in [5, 5.41) is 13.5. The fourth-order valence-electron chi connectivity index (χ4n) is 2.61. The van der Waals surface area contributed by atoms with E-state index >= 15 is 0 Å². The van der Waals surface area contributed by atoms with E-state index in [0.29, 0.717) is 17.9 Å². The molecular formula is C21H19N3O4. The highest BCUT2D eigenvalue weighted by Crippen LogP contribution is 2.25. The summed E-state index contributed by atoms with van der Waals surface area (Å²) >= 11 is 0. The van der Waals surface area contributed by atoms with Crippen molar-refractivity contribution < 1.29 is 14.6 Å². The standard InChI is InChI=1S/C21H19N3O4/c1-28-19-12-16(9-10-18(19)25)13-22-23-20(26)17-8-5-11-24(21(17)27)14-15-6-3-2-4-7-15/h2-13,25H,14H2,1H3,(H,23,26)/b22-13-. The third-order valence-electron chi connectivity index (χ3n) is 4.04. The molecule has 0 radical (unpaired) electrons. The number of pyridine rings is 1. The molecule has 2 N–H and O–H groups in total. The van der Waals surface area contributed by atoms with Gasteiger partial charge in [-0.1, -0.05) is 30.3 Å². The van der Waals surface area contributed by atoms with Crippen LogP contribution in [0.15, 0.2) is 76.8 Å². The minimum Gasteiger partial charge on any atom is -0.504 e. The van der Waals surface area contributed by atoms with Crippen molar-refractivity contribution in [3.63, 3.8) is 0 Å². The molecule has 0 unspecified atom stereocenters. The lowest BCUT2D eigenvalue weighted by molar-refractivity contribution is 0.0953. The van der Waals surface area contributed by atoms with Crippen molar-refractivity contribution in [3.05, 3.63) is 93.9 Å². The summed E-state index contributed by atoms with van der Waals surface area (Å²) in [5.74, 6) is -0.302. The van der Waals surface area contributed by atoms with Gasteiger partial charge in [-0.05, 0) is 41.5 Å². The fraction of sp³-hybridized carbons (Fsp3) is 0.0952. The van der Waals surface area contributed by atoms with E-state index in [-0.39, 0.29) is 11.3 Å². The first-order valence-electron chi connectivity index (χ1n) is 8.52. The summed E-state index contributed by atoms with van der Waals surface area (Å²) in [6.07, 6.45) is 3.03. The lowest BCUT2D eigenvalue weighted by Gasteiger charge is -2.07. The number of phenolic OH excluding ortho intramolecular Hbond substituents is 1. The van der Waals surface area contributed by atoms with E-state index < -0.39 is 11.5 Å². The van der Waals surface area contributed by atoms with Gasteiger partial charge in [0.25, 0.3) is 11.5 Å². The zero-order valence-corrected chi connectivity index (χ0v) is 15.2. The Kier molecular flexibility index (Phi) is 5.86. The highest BCUT2D eigenvalue weighted by molar-refractivity contribution is 5.94. The number of nitrogens with one attached hydrogen (secondary N) is 1. The predicted octanol–water partition coefficient (Wildman–Crippen LogP) is 2.37. The van der Waals surface area contributed by atoms with Crippen molar-refractivity contribution in [3.8, 4) is 11.5 Å². The van der Waals surface area contributed by atoms with Gasteiger partial charge in [-0.3, -0.25) is 9.59 Å². The molecule has 1 amide bonds. The van der Waals surface area contributed by atoms with Gasteiger partial charge in [0.1, 0.15) is 5.56 Å². The Morgan fingerprint density at radius 2 is 1.96 bits per heavy atom. The molecule has 7 heteroatoms. The topological polar surface area (TPSA) is 92.9 Å². The average molecular weight is 377 g/mol. The first-order valence-corrected chi connectivity index (χ1v) is 8.52. The van der Waals surface area contributed by atoms with Gasteiger partial charge in [0.15, 0.2) is 11.5 Å². The van der Waals surface area contributed by atoms with Gasteiger partial charge in [0.2, 0.25) is 0 Å². The van der Waals surface area contributed by atoms with Gasteiger partial charge < -0.3 is 14.4 Å². The maximum Gasteiger partial charge on any atom is 0.276 e. The Balaban J connectivity index is 1.72. The zero-order valence-electron chi connectivity index (χ0n) is 15.2. The van der Waals surface area contributed by atoms with Crippen LogP contribution in [0.1, 0.15) is 21.5 Å². The van der Waals surface area contributed by atoms with Crippen LogP contribution in [0.2, 0.25) is 0 Å². The van der Waals surface area contributed by atoms with E-state index in [1.807, 2.05) is 30.3 Å². The number of amides is 1. The fourth-order valence-corrected chi connectivity index (χ4v) is 2.61. The summed E-state index contributed by atoms with van der Waals surface area (Å²) < 4.78 is 6.49. The van der Waals surface area contributed by atoms with Crippen LogP contribution in [0.25, 0.3) is 0 Å². The molecule has 1 aromatic heterocycles. The van der Waals surface area contributed by atoms with Gasteiger partial charge in [0.05, 0.1) is 19.9 Å². The summed E-state index contributed by atoms with van der Waals surface area (Å²) in [6.45, 7) is 0.372. The molecule has 2 aromatic carbocycles. The molecule has 28 heavy (non-hydrogen) atoms. The van der Waals surface area contributed by atoms with Crippen LogP contribution in [0.4, 0.5) is 0 Å². The molecule has 0 aliphatic heterocycles. The monoisotopic (exact) mass is 377 g/mol. The molecule has 3 rings (SSSR count). The van der Waals surface area contributed by atoms with Gasteiger partial charge in [0, 0.05) is 6.20 Å². The molecule has 142 valence electrons. The minimum absolute atomic E-state index is 0.00105. The summed E-state index contributed by atoms with van der Waals surface area (Å²) in [4.78, 5) is 24.9. The lowest BCUT2D eigenvalue weighted by Crippen LogP contribution is -2.30. The van der Waals surface area contributed by atoms with Crippen molar-refractivity contribution in [1.29, 1.82) is 0 Å². The normalized spacial score (nSPS) is 10.8. The van der Waals surface area contributed by atoms with Crippen molar-refractivity contribution >= 4 is 12.1 Å². The number of carbonyl (C=O) groups is 1.